The molecular weight excluding hydrogens is 268 g/mol. The topological polar surface area (TPSA) is 58.9 Å². The lowest BCUT2D eigenvalue weighted by Crippen LogP contribution is -2.65. The van der Waals surface area contributed by atoms with Crippen LogP contribution in [0.1, 0.15) is 6.42 Å². The average molecular weight is 290 g/mol. The Labute approximate surface area is 124 Å². The summed E-state index contributed by atoms with van der Waals surface area (Å²) in [6.45, 7) is 7.95. The van der Waals surface area contributed by atoms with Crippen LogP contribution in [0.2, 0.25) is 0 Å². The highest BCUT2D eigenvalue weighted by Gasteiger charge is 2.92. The molecule has 4 heteroatoms. The summed E-state index contributed by atoms with van der Waals surface area (Å²) in [6, 6.07) is 0. The van der Waals surface area contributed by atoms with Crippen molar-refractivity contribution < 1.29 is 19.7 Å². The number of rotatable bonds is 4. The fourth-order valence-electron chi connectivity index (χ4n) is 7.70. The lowest BCUT2D eigenvalue weighted by molar-refractivity contribution is -0.207. The minimum absolute atomic E-state index is 0.0387. The summed E-state index contributed by atoms with van der Waals surface area (Å²) in [7, 11) is 3.16. The molecule has 5 fully saturated rings. The van der Waals surface area contributed by atoms with Crippen LogP contribution in [0.25, 0.3) is 0 Å². The Kier molecular flexibility index (Phi) is 1.90. The second kappa shape index (κ2) is 3.18. The van der Waals surface area contributed by atoms with E-state index >= 15 is 0 Å². The first kappa shape index (κ1) is 12.5. The number of fused-ring (bicyclic) bond motifs is 2. The van der Waals surface area contributed by atoms with E-state index in [0.717, 1.165) is 6.42 Å². The fourth-order valence-corrected chi connectivity index (χ4v) is 7.70. The molecule has 0 radical (unpaired) electrons. The van der Waals surface area contributed by atoms with Crippen LogP contribution in [0.3, 0.4) is 0 Å². The SMILES string of the molecule is C=C(OC)C1(O)C2C3CC4C5C3C1C5C(O)(C(=C)OC)C42. The van der Waals surface area contributed by atoms with Crippen LogP contribution >= 0.6 is 0 Å². The first-order chi connectivity index (χ1) is 9.93. The van der Waals surface area contributed by atoms with Crippen LogP contribution in [0, 0.1) is 47.3 Å². The molecule has 2 N–H and O–H groups in total. The number of hydrogen-bond donors (Lipinski definition) is 2. The van der Waals surface area contributed by atoms with Crippen LogP contribution in [0.4, 0.5) is 0 Å². The third-order valence-corrected chi connectivity index (χ3v) is 7.92. The van der Waals surface area contributed by atoms with Crippen molar-refractivity contribution in [3.8, 4) is 0 Å². The van der Waals surface area contributed by atoms with Gasteiger partial charge < -0.3 is 19.7 Å². The first-order valence-corrected chi connectivity index (χ1v) is 7.85. The Morgan fingerprint density at radius 3 is 1.57 bits per heavy atom. The summed E-state index contributed by atoms with van der Waals surface area (Å²) in [6.07, 6.45) is 1.12. The predicted octanol–water partition coefficient (Wildman–Crippen LogP) is 1.16. The quantitative estimate of drug-likeness (QED) is 0.763. The van der Waals surface area contributed by atoms with Crippen molar-refractivity contribution in [2.75, 3.05) is 14.2 Å². The predicted molar refractivity (Wildman–Crippen MR) is 74.7 cm³/mol. The Morgan fingerprint density at radius 1 is 0.857 bits per heavy atom. The maximum absolute atomic E-state index is 11.4. The molecule has 114 valence electrons. The lowest BCUT2D eigenvalue weighted by atomic mass is 9.51. The van der Waals surface area contributed by atoms with Gasteiger partial charge in [-0.05, 0) is 30.1 Å². The standard InChI is InChI=1S/C17H22O4/c1-6(20-3)16(18)12-8-5-9-11-10(8)14(16)15(11)17(19,13(9)12)7(2)21-4/h8-15,18-19H,1-2,5H2,3-4H3. The van der Waals surface area contributed by atoms with Crippen LogP contribution in [0.15, 0.2) is 24.7 Å². The van der Waals surface area contributed by atoms with Crippen molar-refractivity contribution in [2.45, 2.75) is 17.6 Å². The van der Waals surface area contributed by atoms with Gasteiger partial charge in [0.2, 0.25) is 0 Å². The van der Waals surface area contributed by atoms with Gasteiger partial charge in [0, 0.05) is 23.7 Å². The Bertz CT molecular complexity index is 531. The summed E-state index contributed by atoms with van der Waals surface area (Å²) < 4.78 is 10.7. The molecule has 0 aromatic heterocycles. The molecule has 10 unspecified atom stereocenters. The maximum atomic E-state index is 11.4. The van der Waals surface area contributed by atoms with E-state index in [4.69, 9.17) is 9.47 Å². The van der Waals surface area contributed by atoms with Crippen molar-refractivity contribution >= 4 is 0 Å². The molecule has 5 aliphatic rings. The molecule has 0 aromatic rings. The third kappa shape index (κ3) is 0.880. The molecular formula is C17H22O4. The summed E-state index contributed by atoms with van der Waals surface area (Å²) in [5.74, 6) is 3.18. The van der Waals surface area contributed by atoms with Gasteiger partial charge in [0.15, 0.2) is 0 Å². The van der Waals surface area contributed by atoms with Gasteiger partial charge in [0.1, 0.15) is 22.7 Å². The second-order valence-corrected chi connectivity index (χ2v) is 7.73. The highest BCUT2D eigenvalue weighted by atomic mass is 16.5. The van der Waals surface area contributed by atoms with E-state index < -0.39 is 11.2 Å². The van der Waals surface area contributed by atoms with E-state index in [1.165, 1.54) is 0 Å². The monoisotopic (exact) mass is 290 g/mol. The van der Waals surface area contributed by atoms with Gasteiger partial charge in [-0.25, -0.2) is 0 Å². The minimum Gasteiger partial charge on any atom is -0.499 e. The Balaban J connectivity index is 1.70. The van der Waals surface area contributed by atoms with Gasteiger partial charge in [-0.3, -0.25) is 0 Å². The Morgan fingerprint density at radius 2 is 1.24 bits per heavy atom. The molecule has 4 nitrogen and oxygen atoms in total. The van der Waals surface area contributed by atoms with Crippen LogP contribution in [-0.2, 0) is 9.47 Å². The van der Waals surface area contributed by atoms with Gasteiger partial charge in [-0.1, -0.05) is 13.2 Å². The van der Waals surface area contributed by atoms with Gasteiger partial charge >= 0.3 is 0 Å². The highest BCUT2D eigenvalue weighted by Crippen LogP contribution is 2.88. The van der Waals surface area contributed by atoms with Gasteiger partial charge in [-0.15, -0.1) is 0 Å². The minimum atomic E-state index is -0.971. The number of ether oxygens (including phenoxy) is 2. The van der Waals surface area contributed by atoms with E-state index in [-0.39, 0.29) is 23.7 Å². The fraction of sp³-hybridized carbons (Fsp3) is 0.765. The van der Waals surface area contributed by atoms with Crippen LogP contribution < -0.4 is 0 Å². The van der Waals surface area contributed by atoms with E-state index in [1.54, 1.807) is 14.2 Å². The number of methoxy groups -OCH3 is 2. The average Bonchev–Trinajstić information content (AvgIpc) is 2.97. The largest absolute Gasteiger partial charge is 0.499 e. The zero-order chi connectivity index (χ0) is 14.9. The zero-order valence-corrected chi connectivity index (χ0v) is 12.5. The molecule has 0 heterocycles. The van der Waals surface area contributed by atoms with E-state index in [0.29, 0.717) is 35.2 Å². The molecule has 0 aliphatic heterocycles. The van der Waals surface area contributed by atoms with Crippen molar-refractivity contribution in [2.24, 2.45) is 47.3 Å². The summed E-state index contributed by atoms with van der Waals surface area (Å²) in [5.41, 5.74) is -1.94. The normalized spacial score (nSPS) is 63.8. The summed E-state index contributed by atoms with van der Waals surface area (Å²) in [5, 5.41) is 22.8. The molecule has 0 saturated heterocycles. The zero-order valence-electron chi connectivity index (χ0n) is 12.5. The molecule has 5 saturated carbocycles. The van der Waals surface area contributed by atoms with Crippen LogP contribution in [-0.4, -0.2) is 35.6 Å². The first-order valence-electron chi connectivity index (χ1n) is 7.85. The van der Waals surface area contributed by atoms with Crippen molar-refractivity contribution in [3.63, 3.8) is 0 Å². The highest BCUT2D eigenvalue weighted by molar-refractivity contribution is 5.44. The molecule has 5 aliphatic carbocycles. The summed E-state index contributed by atoms with van der Waals surface area (Å²) in [4.78, 5) is 0. The van der Waals surface area contributed by atoms with Crippen molar-refractivity contribution in [1.29, 1.82) is 0 Å². The number of hydrogen-bond acceptors (Lipinski definition) is 4. The smallest absolute Gasteiger partial charge is 0.128 e. The molecule has 0 amide bonds. The van der Waals surface area contributed by atoms with E-state index in [9.17, 15) is 10.2 Å². The second-order valence-electron chi connectivity index (χ2n) is 7.73. The van der Waals surface area contributed by atoms with Crippen molar-refractivity contribution in [3.05, 3.63) is 24.7 Å². The Hall–Kier alpha value is -1.00. The third-order valence-electron chi connectivity index (χ3n) is 7.92. The van der Waals surface area contributed by atoms with E-state index in [1.807, 2.05) is 0 Å². The van der Waals surface area contributed by atoms with Gasteiger partial charge in [0.25, 0.3) is 0 Å². The molecule has 0 spiro atoms. The van der Waals surface area contributed by atoms with Gasteiger partial charge in [-0.2, -0.15) is 0 Å². The molecule has 2 bridgehead atoms. The van der Waals surface area contributed by atoms with Crippen molar-refractivity contribution in [1.82, 2.24) is 0 Å². The summed E-state index contributed by atoms with van der Waals surface area (Å²) >= 11 is 0. The molecule has 0 aromatic carbocycles. The number of aliphatic hydroxyl groups is 2. The van der Waals surface area contributed by atoms with E-state index in [2.05, 4.69) is 13.2 Å². The molecule has 5 rings (SSSR count). The lowest BCUT2D eigenvalue weighted by Gasteiger charge is -2.57. The van der Waals surface area contributed by atoms with Gasteiger partial charge in [0.05, 0.1) is 14.2 Å². The maximum Gasteiger partial charge on any atom is 0.128 e. The molecule has 10 atom stereocenters. The van der Waals surface area contributed by atoms with Crippen LogP contribution in [0.5, 0.6) is 0 Å². The molecule has 21 heavy (non-hydrogen) atoms.